The van der Waals surface area contributed by atoms with E-state index in [1.807, 2.05) is 0 Å². The van der Waals surface area contributed by atoms with Crippen molar-refractivity contribution in [2.24, 2.45) is 5.92 Å². The molecule has 1 N–H and O–H groups in total. The fourth-order valence-electron chi connectivity index (χ4n) is 9.10. The minimum atomic E-state index is -5.15. The number of benzene rings is 2. The fraction of sp³-hybridized carbons (Fsp3) is 0.442. The van der Waals surface area contributed by atoms with Crippen LogP contribution in [-0.4, -0.2) is 56.0 Å². The molecule has 0 radical (unpaired) electrons. The van der Waals surface area contributed by atoms with Crippen molar-refractivity contribution in [2.45, 2.75) is 107 Å². The summed E-state index contributed by atoms with van der Waals surface area (Å²) in [6, 6.07) is 3.70. The number of carbonyl (C=O) groups excluding carboxylic acids is 1. The molecule has 1 saturated carbocycles. The first-order valence-corrected chi connectivity index (χ1v) is 22.2. The second-order valence-corrected chi connectivity index (χ2v) is 20.0. The van der Waals surface area contributed by atoms with Crippen molar-refractivity contribution in [3.8, 4) is 23.0 Å². The zero-order valence-electron chi connectivity index (χ0n) is 34.3. The molecular weight excluding hydrogens is 906 g/mol. The van der Waals surface area contributed by atoms with Crippen molar-refractivity contribution >= 4 is 38.2 Å². The van der Waals surface area contributed by atoms with Gasteiger partial charge in [-0.2, -0.15) is 45.3 Å². The minimum absolute atomic E-state index is 0.00710. The summed E-state index contributed by atoms with van der Waals surface area (Å²) in [5.41, 5.74) is -2.33. The van der Waals surface area contributed by atoms with Gasteiger partial charge in [0.05, 0.1) is 28.0 Å². The van der Waals surface area contributed by atoms with Crippen molar-refractivity contribution in [3.63, 3.8) is 0 Å². The van der Waals surface area contributed by atoms with Crippen LogP contribution in [0.1, 0.15) is 95.8 Å². The topological polar surface area (TPSA) is 112 Å². The van der Waals surface area contributed by atoms with E-state index < -0.39 is 105 Å². The van der Waals surface area contributed by atoms with Crippen LogP contribution in [0.2, 0.25) is 5.02 Å². The normalized spacial score (nSPS) is 18.5. The lowest BCUT2D eigenvalue weighted by Crippen LogP contribution is -2.36. The van der Waals surface area contributed by atoms with Crippen LogP contribution < -0.4 is 5.32 Å². The molecule has 21 heteroatoms. The van der Waals surface area contributed by atoms with E-state index >= 15 is 8.78 Å². The van der Waals surface area contributed by atoms with Gasteiger partial charge < -0.3 is 5.32 Å². The van der Waals surface area contributed by atoms with Crippen LogP contribution in [-0.2, 0) is 59.1 Å². The van der Waals surface area contributed by atoms with Crippen molar-refractivity contribution in [3.05, 3.63) is 97.7 Å². The van der Waals surface area contributed by atoms with Crippen LogP contribution >= 0.6 is 11.6 Å². The van der Waals surface area contributed by atoms with Gasteiger partial charge in [-0.25, -0.2) is 22.2 Å². The van der Waals surface area contributed by atoms with E-state index in [1.165, 1.54) is 32.9 Å². The molecule has 8 rings (SSSR count). The summed E-state index contributed by atoms with van der Waals surface area (Å²) in [4.78, 5) is 19.1. The molecule has 3 aliphatic carbocycles. The summed E-state index contributed by atoms with van der Waals surface area (Å²) < 4.78 is 171. The van der Waals surface area contributed by atoms with Crippen LogP contribution in [0.5, 0.6) is 0 Å². The molecule has 1 unspecified atom stereocenters. The number of aromatic nitrogens is 5. The van der Waals surface area contributed by atoms with E-state index in [9.17, 15) is 48.3 Å². The Morgan fingerprint density at radius 1 is 1.00 bits per heavy atom. The monoisotopic (exact) mass is 942 g/mol. The Morgan fingerprint density at radius 2 is 1.67 bits per heavy atom. The Labute approximate surface area is 364 Å². The molecule has 0 spiro atoms. The Morgan fingerprint density at radius 3 is 2.28 bits per heavy atom. The van der Waals surface area contributed by atoms with Gasteiger partial charge in [0.2, 0.25) is 5.91 Å². The number of pyridine rings is 1. The molecule has 2 aromatic carbocycles. The lowest BCUT2D eigenvalue weighted by atomic mass is 9.73. The Balaban J connectivity index is 1.37. The first-order valence-electron chi connectivity index (χ1n) is 20.0. The molecule has 0 bridgehead atoms. The molecule has 64 heavy (non-hydrogen) atoms. The van der Waals surface area contributed by atoms with Gasteiger partial charge in [0.15, 0.2) is 15.5 Å². The summed E-state index contributed by atoms with van der Waals surface area (Å²) in [5.74, 6) is -4.03. The van der Waals surface area contributed by atoms with E-state index in [1.54, 1.807) is 0 Å². The van der Waals surface area contributed by atoms with Crippen molar-refractivity contribution in [1.29, 1.82) is 0 Å². The third-order valence-corrected chi connectivity index (χ3v) is 14.6. The molecule has 0 saturated heterocycles. The van der Waals surface area contributed by atoms with Crippen LogP contribution in [0.3, 0.4) is 0 Å². The summed E-state index contributed by atoms with van der Waals surface area (Å²) in [6.07, 6.45) is -8.48. The van der Waals surface area contributed by atoms with Crippen LogP contribution in [0.25, 0.3) is 22.0 Å². The first kappa shape index (κ1) is 45.4. The molecule has 340 valence electrons. The molecule has 1 amide bonds. The number of nitrogens with zero attached hydrogens (tertiary/aromatic N) is 5. The first-order chi connectivity index (χ1) is 29.7. The number of halogens is 11. The van der Waals surface area contributed by atoms with Gasteiger partial charge in [0.1, 0.15) is 40.9 Å². The maximum atomic E-state index is 15.8. The van der Waals surface area contributed by atoms with Gasteiger partial charge in [0.25, 0.3) is 5.92 Å². The molecule has 3 aromatic heterocycles. The van der Waals surface area contributed by atoms with Crippen LogP contribution in [0, 0.1) is 36.3 Å². The summed E-state index contributed by atoms with van der Waals surface area (Å²) >= 11 is 6.59. The number of rotatable bonds is 9. The lowest BCUT2D eigenvalue weighted by Gasteiger charge is -2.34. The highest BCUT2D eigenvalue weighted by Crippen LogP contribution is 2.64. The molecule has 1 fully saturated rings. The van der Waals surface area contributed by atoms with E-state index in [0.29, 0.717) is 39.4 Å². The average Bonchev–Trinajstić information content (AvgIpc) is 3.87. The molecular formula is C43H37ClF10N6O3S. The summed E-state index contributed by atoms with van der Waals surface area (Å²) in [7, 11) is -3.80. The number of amides is 1. The van der Waals surface area contributed by atoms with Gasteiger partial charge in [-0.3, -0.25) is 14.2 Å². The number of sulfone groups is 1. The van der Waals surface area contributed by atoms with E-state index in [4.69, 9.17) is 16.6 Å². The summed E-state index contributed by atoms with van der Waals surface area (Å²) in [5, 5.41) is 10.4. The van der Waals surface area contributed by atoms with E-state index in [0.717, 1.165) is 18.4 Å². The maximum absolute atomic E-state index is 15.8. The van der Waals surface area contributed by atoms with Crippen LogP contribution in [0.15, 0.2) is 30.3 Å². The van der Waals surface area contributed by atoms with Gasteiger partial charge >= 0.3 is 12.4 Å². The van der Waals surface area contributed by atoms with Crippen molar-refractivity contribution in [2.75, 3.05) is 6.26 Å². The molecule has 9 nitrogen and oxygen atoms in total. The molecule has 3 heterocycles. The number of hydrogen-bond acceptors (Lipinski definition) is 6. The maximum Gasteiger partial charge on any atom is 0.435 e. The van der Waals surface area contributed by atoms with Gasteiger partial charge in [-0.1, -0.05) is 23.6 Å². The molecule has 5 aromatic rings. The predicted molar refractivity (Wildman–Crippen MR) is 214 cm³/mol. The Kier molecular flexibility index (Phi) is 11.0. The highest BCUT2D eigenvalue weighted by Gasteiger charge is 2.63. The van der Waals surface area contributed by atoms with Crippen LogP contribution in [0.4, 0.5) is 43.9 Å². The van der Waals surface area contributed by atoms with Gasteiger partial charge in [-0.15, -0.1) is 0 Å². The number of carbonyl (C=O) groups is 1. The Bertz CT molecular complexity index is 2930. The number of aryl methyl sites for hydroxylation is 1. The third kappa shape index (κ3) is 8.00. The Hall–Kier alpha value is -5.16. The third-order valence-electron chi connectivity index (χ3n) is 12.3. The zero-order valence-corrected chi connectivity index (χ0v) is 35.9. The summed E-state index contributed by atoms with van der Waals surface area (Å²) in [6.45, 7) is 1.41. The smallest absolute Gasteiger partial charge is 0.346 e. The quantitative estimate of drug-likeness (QED) is 0.117. The van der Waals surface area contributed by atoms with Crippen molar-refractivity contribution < 1.29 is 57.1 Å². The second-order valence-electron chi connectivity index (χ2n) is 17.0. The van der Waals surface area contributed by atoms with E-state index in [-0.39, 0.29) is 69.0 Å². The van der Waals surface area contributed by atoms with Gasteiger partial charge in [0, 0.05) is 40.3 Å². The standard InChI is InChI=1S/C43H37ClF10N6O3S/c1-20-33-29(44)11-9-27(37(33)60(57-20)19-41(47,48)49)34-25-7-5-6-24(25)30(12-13-40(2,3)64(4,62)63)56-36(34)31(16-21-14-22(45)17-23(46)15-21)55-32(61)18-59-39-35(38(58-59)43(52,53)54)26-8-10-28(26)42(39,50)51/h9,11,14-15,17,26,28,31H,5-8,10,16,18-19H2,1-4H3,(H,55,61)/t26-,28+,31?/m0/s1. The molecule has 0 aliphatic heterocycles. The highest BCUT2D eigenvalue weighted by molar-refractivity contribution is 7.92. The number of nitrogens with one attached hydrogen (secondary N) is 1. The highest BCUT2D eigenvalue weighted by atomic mass is 35.5. The molecule has 3 atom stereocenters. The zero-order chi connectivity index (χ0) is 46.6. The average molecular weight is 943 g/mol. The molecule has 3 aliphatic rings. The minimum Gasteiger partial charge on any atom is -0.346 e. The predicted octanol–water partition coefficient (Wildman–Crippen LogP) is 9.48. The number of alkyl halides is 8. The largest absolute Gasteiger partial charge is 0.435 e. The lowest BCUT2D eigenvalue weighted by molar-refractivity contribution is -0.144. The van der Waals surface area contributed by atoms with E-state index in [2.05, 4.69) is 27.4 Å². The number of hydrogen-bond donors (Lipinski definition) is 1. The number of fused-ring (bicyclic) bond motifs is 5. The van der Waals surface area contributed by atoms with Gasteiger partial charge in [-0.05, 0) is 106 Å². The van der Waals surface area contributed by atoms with Crippen molar-refractivity contribution in [1.82, 2.24) is 29.9 Å². The SMILES string of the molecule is Cc1nn(CC(F)(F)F)c2c(-c3c(C(Cc4cc(F)cc(F)c4)NC(=O)Cn4nc(C(F)(F)F)c5c4C(F)(F)[C@@H]4CC[C@H]54)nc(C#CC(C)(C)S(C)(=O)=O)c4c3CCC4)ccc(Cl)c12. The second kappa shape index (κ2) is 15.5. The fourth-order valence-corrected chi connectivity index (χ4v) is 9.62.